The summed E-state index contributed by atoms with van der Waals surface area (Å²) in [5.41, 5.74) is 4.44. The van der Waals surface area contributed by atoms with Gasteiger partial charge in [-0.15, -0.1) is 21.5 Å². The molecule has 34 heavy (non-hydrogen) atoms. The van der Waals surface area contributed by atoms with E-state index in [2.05, 4.69) is 68.6 Å². The Morgan fingerprint density at radius 1 is 1.09 bits per heavy atom. The second-order valence-corrected chi connectivity index (χ2v) is 10.2. The molecule has 0 radical (unpaired) electrons. The van der Waals surface area contributed by atoms with Crippen molar-refractivity contribution in [2.45, 2.75) is 50.4 Å². The molecule has 1 unspecified atom stereocenters. The largest absolute Gasteiger partial charge is 0.355 e. The summed E-state index contributed by atoms with van der Waals surface area (Å²) in [5, 5.41) is 14.6. The highest BCUT2D eigenvalue weighted by atomic mass is 32.2. The Kier molecular flexibility index (Phi) is 8.13. The van der Waals surface area contributed by atoms with E-state index in [0.29, 0.717) is 11.7 Å². The van der Waals surface area contributed by atoms with Crippen LogP contribution in [0, 0.1) is 0 Å². The molecule has 3 aromatic heterocycles. The van der Waals surface area contributed by atoms with Crippen LogP contribution in [0.5, 0.6) is 0 Å². The monoisotopic (exact) mass is 491 g/mol. The zero-order chi connectivity index (χ0) is 23.9. The van der Waals surface area contributed by atoms with E-state index < -0.39 is 0 Å². The number of carbonyl (C=O) groups excluding carboxylic acids is 1. The van der Waals surface area contributed by atoms with E-state index >= 15 is 0 Å². The van der Waals surface area contributed by atoms with E-state index in [4.69, 9.17) is 0 Å². The Morgan fingerprint density at radius 3 is 2.53 bits per heavy atom. The first-order chi connectivity index (χ1) is 16.6. The standard InChI is InChI=1S/C26H29N5OS2/c1-4-19-9-6-10-20(5-2)23(19)31-24(21-11-7-14-27-17-21)29-30-26(31)34-18(3)25(32)28-15-13-22-12-8-16-33-22/h6-12,14,16-18H,4-5,13,15H2,1-3H3,(H,28,32). The minimum atomic E-state index is -0.313. The van der Waals surface area contributed by atoms with E-state index in [9.17, 15) is 4.79 Å². The number of rotatable bonds is 10. The van der Waals surface area contributed by atoms with Crippen LogP contribution in [0.2, 0.25) is 0 Å². The number of aromatic nitrogens is 4. The normalized spacial score (nSPS) is 12.0. The van der Waals surface area contributed by atoms with Crippen LogP contribution in [0.25, 0.3) is 17.1 Å². The number of thiophene rings is 1. The quantitative estimate of drug-likeness (QED) is 0.303. The van der Waals surface area contributed by atoms with Gasteiger partial charge in [-0.2, -0.15) is 0 Å². The van der Waals surface area contributed by atoms with Gasteiger partial charge in [0, 0.05) is 29.4 Å². The van der Waals surface area contributed by atoms with Crippen molar-refractivity contribution in [1.29, 1.82) is 0 Å². The molecule has 176 valence electrons. The maximum atomic E-state index is 12.9. The summed E-state index contributed by atoms with van der Waals surface area (Å²) in [4.78, 5) is 18.4. The van der Waals surface area contributed by atoms with Gasteiger partial charge < -0.3 is 5.32 Å². The molecule has 1 amide bonds. The molecule has 0 aliphatic heterocycles. The third-order valence-electron chi connectivity index (χ3n) is 5.64. The molecule has 4 aromatic rings. The van der Waals surface area contributed by atoms with Crippen LogP contribution in [0.3, 0.4) is 0 Å². The summed E-state index contributed by atoms with van der Waals surface area (Å²) in [5.74, 6) is 0.732. The van der Waals surface area contributed by atoms with Crippen LogP contribution in [0.4, 0.5) is 0 Å². The van der Waals surface area contributed by atoms with Crippen LogP contribution in [0.15, 0.2) is 65.4 Å². The molecular formula is C26H29N5OS2. The van der Waals surface area contributed by atoms with Gasteiger partial charge in [-0.05, 0) is 60.9 Å². The number of aryl methyl sites for hydroxylation is 2. The van der Waals surface area contributed by atoms with Crippen molar-refractivity contribution in [3.63, 3.8) is 0 Å². The number of hydrogen-bond acceptors (Lipinski definition) is 6. The van der Waals surface area contributed by atoms with Gasteiger partial charge in [-0.3, -0.25) is 14.3 Å². The number of para-hydroxylation sites is 1. The Hall–Kier alpha value is -2.97. The van der Waals surface area contributed by atoms with E-state index in [-0.39, 0.29) is 11.2 Å². The fourth-order valence-corrected chi connectivity index (χ4v) is 5.44. The van der Waals surface area contributed by atoms with Crippen LogP contribution in [-0.4, -0.2) is 37.5 Å². The Balaban J connectivity index is 1.65. The molecule has 0 spiro atoms. The zero-order valence-corrected chi connectivity index (χ0v) is 21.3. The van der Waals surface area contributed by atoms with Crippen LogP contribution in [-0.2, 0) is 24.1 Å². The molecular weight excluding hydrogens is 462 g/mol. The average molecular weight is 492 g/mol. The second kappa shape index (κ2) is 11.4. The first-order valence-electron chi connectivity index (χ1n) is 11.6. The number of amides is 1. The van der Waals surface area contributed by atoms with Crippen molar-refractivity contribution < 1.29 is 4.79 Å². The minimum Gasteiger partial charge on any atom is -0.355 e. The third-order valence-corrected chi connectivity index (χ3v) is 7.62. The van der Waals surface area contributed by atoms with E-state index in [0.717, 1.165) is 36.3 Å². The summed E-state index contributed by atoms with van der Waals surface area (Å²) < 4.78 is 2.11. The van der Waals surface area contributed by atoms with Crippen LogP contribution in [0.1, 0.15) is 36.8 Å². The lowest BCUT2D eigenvalue weighted by Crippen LogP contribution is -2.32. The molecule has 1 aromatic carbocycles. The molecule has 0 saturated carbocycles. The van der Waals surface area contributed by atoms with Crippen molar-refractivity contribution in [3.8, 4) is 17.1 Å². The summed E-state index contributed by atoms with van der Waals surface area (Å²) >= 11 is 3.14. The molecule has 0 saturated heterocycles. The predicted molar refractivity (Wildman–Crippen MR) is 140 cm³/mol. The second-order valence-electron chi connectivity index (χ2n) is 7.90. The van der Waals surface area contributed by atoms with Crippen molar-refractivity contribution >= 4 is 29.0 Å². The summed E-state index contributed by atoms with van der Waals surface area (Å²) in [6, 6.07) is 14.4. The minimum absolute atomic E-state index is 0.00137. The zero-order valence-electron chi connectivity index (χ0n) is 19.7. The molecule has 0 aliphatic rings. The molecule has 4 rings (SSSR count). The van der Waals surface area contributed by atoms with Gasteiger partial charge in [-0.1, -0.05) is 49.9 Å². The fourth-order valence-electron chi connectivity index (χ4n) is 3.85. The average Bonchev–Trinajstić information content (AvgIpc) is 3.54. The fraction of sp³-hybridized carbons (Fsp3) is 0.308. The van der Waals surface area contributed by atoms with Gasteiger partial charge >= 0.3 is 0 Å². The lowest BCUT2D eigenvalue weighted by Gasteiger charge is -2.19. The van der Waals surface area contributed by atoms with Crippen molar-refractivity contribution in [3.05, 3.63) is 76.2 Å². The van der Waals surface area contributed by atoms with Crippen molar-refractivity contribution in [2.75, 3.05) is 6.54 Å². The number of benzene rings is 1. The predicted octanol–water partition coefficient (Wildman–Crippen LogP) is 5.36. The van der Waals surface area contributed by atoms with Gasteiger partial charge in [0.15, 0.2) is 11.0 Å². The SMILES string of the molecule is CCc1cccc(CC)c1-n1c(SC(C)C(=O)NCCc2cccs2)nnc1-c1cccnc1. The van der Waals surface area contributed by atoms with Crippen molar-refractivity contribution in [1.82, 2.24) is 25.1 Å². The number of pyridine rings is 1. The summed E-state index contributed by atoms with van der Waals surface area (Å²) in [6.45, 7) is 6.85. The van der Waals surface area contributed by atoms with Gasteiger partial charge in [0.25, 0.3) is 0 Å². The first kappa shape index (κ1) is 24.2. The number of thioether (sulfide) groups is 1. The highest BCUT2D eigenvalue weighted by Gasteiger charge is 2.24. The van der Waals surface area contributed by atoms with Gasteiger partial charge in [0.05, 0.1) is 10.9 Å². The molecule has 8 heteroatoms. The maximum Gasteiger partial charge on any atom is 0.233 e. The number of hydrogen-bond donors (Lipinski definition) is 1. The molecule has 1 N–H and O–H groups in total. The number of nitrogens with zero attached hydrogens (tertiary/aromatic N) is 4. The lowest BCUT2D eigenvalue weighted by molar-refractivity contribution is -0.120. The maximum absolute atomic E-state index is 12.9. The molecule has 1 atom stereocenters. The number of nitrogens with one attached hydrogen (secondary N) is 1. The Morgan fingerprint density at radius 2 is 1.88 bits per heavy atom. The Bertz CT molecular complexity index is 1200. The van der Waals surface area contributed by atoms with Crippen LogP contribution >= 0.6 is 23.1 Å². The van der Waals surface area contributed by atoms with E-state index in [1.54, 1.807) is 23.7 Å². The molecule has 0 bridgehead atoms. The van der Waals surface area contributed by atoms with E-state index in [1.165, 1.54) is 27.8 Å². The summed E-state index contributed by atoms with van der Waals surface area (Å²) in [6.07, 6.45) is 6.16. The van der Waals surface area contributed by atoms with Gasteiger partial charge in [0.2, 0.25) is 5.91 Å². The first-order valence-corrected chi connectivity index (χ1v) is 13.3. The van der Waals surface area contributed by atoms with Crippen LogP contribution < -0.4 is 5.32 Å². The lowest BCUT2D eigenvalue weighted by atomic mass is 10.0. The van der Waals surface area contributed by atoms with Crippen molar-refractivity contribution in [2.24, 2.45) is 0 Å². The topological polar surface area (TPSA) is 72.7 Å². The number of carbonyl (C=O) groups is 1. The van der Waals surface area contributed by atoms with E-state index in [1.807, 2.05) is 25.1 Å². The van der Waals surface area contributed by atoms with Gasteiger partial charge in [0.1, 0.15) is 0 Å². The molecule has 0 aliphatic carbocycles. The molecule has 3 heterocycles. The Labute approximate surface area is 208 Å². The summed E-state index contributed by atoms with van der Waals surface area (Å²) in [7, 11) is 0. The molecule has 0 fully saturated rings. The smallest absolute Gasteiger partial charge is 0.233 e. The third kappa shape index (κ3) is 5.39. The molecule has 6 nitrogen and oxygen atoms in total. The highest BCUT2D eigenvalue weighted by Crippen LogP contribution is 2.33. The van der Waals surface area contributed by atoms with Gasteiger partial charge in [-0.25, -0.2) is 0 Å². The highest BCUT2D eigenvalue weighted by molar-refractivity contribution is 8.00.